The van der Waals surface area contributed by atoms with Crippen molar-refractivity contribution in [3.8, 4) is 0 Å². The molecule has 0 aliphatic rings. The summed E-state index contributed by atoms with van der Waals surface area (Å²) in [6.45, 7) is 2.55. The van der Waals surface area contributed by atoms with Crippen LogP contribution >= 0.6 is 11.3 Å². The average Bonchev–Trinajstić information content (AvgIpc) is 2.80. The van der Waals surface area contributed by atoms with Gasteiger partial charge in [-0.3, -0.25) is 4.79 Å². The van der Waals surface area contributed by atoms with Crippen LogP contribution in [0.4, 0.5) is 0 Å². The lowest BCUT2D eigenvalue weighted by atomic mass is 10.1. The second-order valence-corrected chi connectivity index (χ2v) is 5.78. The summed E-state index contributed by atoms with van der Waals surface area (Å²) in [6.07, 6.45) is 1.64. The van der Waals surface area contributed by atoms with Crippen LogP contribution in [0.2, 0.25) is 0 Å². The number of para-hydroxylation sites is 1. The molecule has 4 nitrogen and oxygen atoms in total. The van der Waals surface area contributed by atoms with E-state index in [4.69, 9.17) is 5.73 Å². The normalized spacial score (nSPS) is 12.6. The van der Waals surface area contributed by atoms with Crippen LogP contribution in [0.25, 0.3) is 10.2 Å². The van der Waals surface area contributed by atoms with Gasteiger partial charge in [-0.1, -0.05) is 25.5 Å². The Hall–Kier alpha value is -1.46. The van der Waals surface area contributed by atoms with Crippen molar-refractivity contribution < 1.29 is 4.79 Å². The van der Waals surface area contributed by atoms with Crippen LogP contribution in [0, 0.1) is 0 Å². The lowest BCUT2D eigenvalue weighted by Gasteiger charge is -2.19. The molecule has 102 valence electrons. The summed E-state index contributed by atoms with van der Waals surface area (Å²) in [4.78, 5) is 18.2. The molecular formula is C14H19N3OS. The average molecular weight is 277 g/mol. The monoisotopic (exact) mass is 277 g/mol. The summed E-state index contributed by atoms with van der Waals surface area (Å²) in [5.41, 5.74) is 6.84. The molecule has 1 aromatic heterocycles. The van der Waals surface area contributed by atoms with Gasteiger partial charge in [-0.05, 0) is 18.6 Å². The molecule has 0 fully saturated rings. The van der Waals surface area contributed by atoms with E-state index in [0.29, 0.717) is 6.54 Å². The third-order valence-corrected chi connectivity index (χ3v) is 4.02. The molecule has 1 atom stereocenters. The Balaban J connectivity index is 2.05. The zero-order valence-electron chi connectivity index (χ0n) is 11.3. The fraction of sp³-hybridized carbons (Fsp3) is 0.429. The van der Waals surface area contributed by atoms with Crippen molar-refractivity contribution in [2.75, 3.05) is 7.05 Å². The standard InChI is InChI=1S/C14H19N3OS/c1-3-6-10(15)14(18)17(2)9-13-16-11-7-4-5-8-12(11)19-13/h4-5,7-8,10H,3,6,9,15H2,1-2H3/t10-/m0/s1. The Morgan fingerprint density at radius 3 is 2.89 bits per heavy atom. The van der Waals surface area contributed by atoms with Gasteiger partial charge in [-0.2, -0.15) is 0 Å². The number of amides is 1. The first-order valence-electron chi connectivity index (χ1n) is 6.46. The quantitative estimate of drug-likeness (QED) is 0.913. The fourth-order valence-corrected chi connectivity index (χ4v) is 3.01. The van der Waals surface area contributed by atoms with E-state index in [1.807, 2.05) is 31.2 Å². The highest BCUT2D eigenvalue weighted by Gasteiger charge is 2.18. The van der Waals surface area contributed by atoms with Crippen molar-refractivity contribution in [3.63, 3.8) is 0 Å². The molecular weight excluding hydrogens is 258 g/mol. The minimum atomic E-state index is -0.399. The van der Waals surface area contributed by atoms with Gasteiger partial charge in [0.2, 0.25) is 5.91 Å². The van der Waals surface area contributed by atoms with E-state index in [9.17, 15) is 4.79 Å². The number of carbonyl (C=O) groups excluding carboxylic acids is 1. The predicted octanol–water partition coefficient (Wildman–Crippen LogP) is 2.38. The van der Waals surface area contributed by atoms with Crippen molar-refractivity contribution in [2.24, 2.45) is 5.73 Å². The third kappa shape index (κ3) is 3.30. The van der Waals surface area contributed by atoms with Crippen LogP contribution < -0.4 is 5.73 Å². The van der Waals surface area contributed by atoms with Gasteiger partial charge in [0.15, 0.2) is 0 Å². The number of carbonyl (C=O) groups is 1. The van der Waals surface area contributed by atoms with Gasteiger partial charge < -0.3 is 10.6 Å². The molecule has 0 unspecified atom stereocenters. The number of benzene rings is 1. The molecule has 0 saturated heterocycles. The summed E-state index contributed by atoms with van der Waals surface area (Å²) in [5.74, 6) is -0.0129. The number of likely N-dealkylation sites (N-methyl/N-ethyl adjacent to an activating group) is 1. The molecule has 1 heterocycles. The molecule has 0 saturated carbocycles. The second-order valence-electron chi connectivity index (χ2n) is 4.66. The maximum absolute atomic E-state index is 12.0. The summed E-state index contributed by atoms with van der Waals surface area (Å²) >= 11 is 1.62. The Kier molecular flexibility index (Phi) is 4.50. The second kappa shape index (κ2) is 6.12. The molecule has 0 radical (unpaired) electrons. The maximum Gasteiger partial charge on any atom is 0.239 e. The summed E-state index contributed by atoms with van der Waals surface area (Å²) in [7, 11) is 1.78. The SMILES string of the molecule is CCC[C@H](N)C(=O)N(C)Cc1nc2ccccc2s1. The lowest BCUT2D eigenvalue weighted by Crippen LogP contribution is -2.41. The lowest BCUT2D eigenvalue weighted by molar-refractivity contribution is -0.131. The minimum absolute atomic E-state index is 0.0129. The van der Waals surface area contributed by atoms with Crippen LogP contribution in [0.3, 0.4) is 0 Å². The zero-order chi connectivity index (χ0) is 13.8. The number of rotatable bonds is 5. The van der Waals surface area contributed by atoms with Crippen molar-refractivity contribution in [3.05, 3.63) is 29.3 Å². The Morgan fingerprint density at radius 1 is 1.47 bits per heavy atom. The number of hydrogen-bond donors (Lipinski definition) is 1. The number of thiazole rings is 1. The van der Waals surface area contributed by atoms with Crippen molar-refractivity contribution in [1.29, 1.82) is 0 Å². The molecule has 1 aromatic carbocycles. The van der Waals surface area contributed by atoms with E-state index in [-0.39, 0.29) is 5.91 Å². The number of hydrogen-bond acceptors (Lipinski definition) is 4. The first-order chi connectivity index (χ1) is 9.11. The first kappa shape index (κ1) is 14.0. The highest BCUT2D eigenvalue weighted by molar-refractivity contribution is 7.18. The molecule has 1 amide bonds. The van der Waals surface area contributed by atoms with Gasteiger partial charge in [-0.15, -0.1) is 11.3 Å². The summed E-state index contributed by atoms with van der Waals surface area (Å²) < 4.78 is 1.15. The van der Waals surface area contributed by atoms with Crippen LogP contribution in [0.1, 0.15) is 24.8 Å². The van der Waals surface area contributed by atoms with E-state index in [2.05, 4.69) is 4.98 Å². The molecule has 2 rings (SSSR count). The zero-order valence-corrected chi connectivity index (χ0v) is 12.1. The Morgan fingerprint density at radius 2 is 2.21 bits per heavy atom. The number of fused-ring (bicyclic) bond motifs is 1. The van der Waals surface area contributed by atoms with Gasteiger partial charge in [0.05, 0.1) is 22.8 Å². The number of nitrogens with two attached hydrogens (primary N) is 1. The number of aromatic nitrogens is 1. The van der Waals surface area contributed by atoms with Crippen LogP contribution in [-0.4, -0.2) is 28.9 Å². The molecule has 2 N–H and O–H groups in total. The van der Waals surface area contributed by atoms with Crippen molar-refractivity contribution >= 4 is 27.5 Å². The molecule has 2 aromatic rings. The maximum atomic E-state index is 12.0. The first-order valence-corrected chi connectivity index (χ1v) is 7.28. The Labute approximate surface area is 117 Å². The van der Waals surface area contributed by atoms with Gasteiger partial charge in [0.25, 0.3) is 0 Å². The van der Waals surface area contributed by atoms with Crippen LogP contribution in [0.15, 0.2) is 24.3 Å². The van der Waals surface area contributed by atoms with Gasteiger partial charge in [0, 0.05) is 7.05 Å². The van der Waals surface area contributed by atoms with E-state index in [1.54, 1.807) is 23.3 Å². The van der Waals surface area contributed by atoms with Crippen molar-refractivity contribution in [2.45, 2.75) is 32.4 Å². The fourth-order valence-electron chi connectivity index (χ4n) is 1.99. The van der Waals surface area contributed by atoms with Crippen molar-refractivity contribution in [1.82, 2.24) is 9.88 Å². The van der Waals surface area contributed by atoms with Crippen LogP contribution in [0.5, 0.6) is 0 Å². The molecule has 0 aliphatic heterocycles. The van der Waals surface area contributed by atoms with Gasteiger partial charge in [-0.25, -0.2) is 4.98 Å². The summed E-state index contributed by atoms with van der Waals surface area (Å²) in [6, 6.07) is 7.60. The highest BCUT2D eigenvalue weighted by Crippen LogP contribution is 2.22. The van der Waals surface area contributed by atoms with E-state index in [1.165, 1.54) is 0 Å². The summed E-state index contributed by atoms with van der Waals surface area (Å²) in [5, 5.41) is 0.945. The topological polar surface area (TPSA) is 59.2 Å². The van der Waals surface area contributed by atoms with E-state index < -0.39 is 6.04 Å². The molecule has 0 aliphatic carbocycles. The highest BCUT2D eigenvalue weighted by atomic mass is 32.1. The predicted molar refractivity (Wildman–Crippen MR) is 79.0 cm³/mol. The molecule has 19 heavy (non-hydrogen) atoms. The Bertz CT molecular complexity index is 534. The van der Waals surface area contributed by atoms with E-state index in [0.717, 1.165) is 28.1 Å². The molecule has 0 bridgehead atoms. The smallest absolute Gasteiger partial charge is 0.239 e. The largest absolute Gasteiger partial charge is 0.338 e. The van der Waals surface area contributed by atoms with Gasteiger partial charge >= 0.3 is 0 Å². The molecule has 5 heteroatoms. The third-order valence-electron chi connectivity index (χ3n) is 3.00. The van der Waals surface area contributed by atoms with Crippen LogP contribution in [-0.2, 0) is 11.3 Å². The minimum Gasteiger partial charge on any atom is -0.338 e. The van der Waals surface area contributed by atoms with Gasteiger partial charge in [0.1, 0.15) is 5.01 Å². The number of nitrogens with zero attached hydrogens (tertiary/aromatic N) is 2. The molecule has 0 spiro atoms. The van der Waals surface area contributed by atoms with E-state index >= 15 is 0 Å².